The van der Waals surface area contributed by atoms with Crippen molar-refractivity contribution in [2.75, 3.05) is 12.4 Å². The number of carbonyl (C=O) groups excluding carboxylic acids is 1. The Kier molecular flexibility index (Phi) is 5.23. The summed E-state index contributed by atoms with van der Waals surface area (Å²) in [5, 5.41) is 7.22. The van der Waals surface area contributed by atoms with Gasteiger partial charge in [0.15, 0.2) is 5.82 Å². The van der Waals surface area contributed by atoms with Crippen molar-refractivity contribution in [3.05, 3.63) is 58.4 Å². The Morgan fingerprint density at radius 3 is 2.73 bits per heavy atom. The third-order valence-electron chi connectivity index (χ3n) is 3.97. The number of anilines is 1. The van der Waals surface area contributed by atoms with Crippen LogP contribution in [-0.4, -0.2) is 23.2 Å². The number of rotatable bonds is 5. The lowest BCUT2D eigenvalue weighted by Crippen LogP contribution is -2.15. The lowest BCUT2D eigenvalue weighted by atomic mass is 10.1. The highest BCUT2D eigenvalue weighted by Crippen LogP contribution is 2.31. The van der Waals surface area contributed by atoms with E-state index in [0.29, 0.717) is 16.3 Å². The number of nitrogens with one attached hydrogen (secondary N) is 1. The number of halogens is 1. The maximum Gasteiger partial charge on any atom is 0.261 e. The van der Waals surface area contributed by atoms with Gasteiger partial charge in [-0.15, -0.1) is 0 Å². The summed E-state index contributed by atoms with van der Waals surface area (Å²) in [5.41, 5.74) is 3.59. The summed E-state index contributed by atoms with van der Waals surface area (Å²) in [4.78, 5) is 16.5. The maximum atomic E-state index is 12.2. The molecule has 0 radical (unpaired) electrons. The van der Waals surface area contributed by atoms with E-state index in [9.17, 15) is 4.79 Å². The molecule has 0 aliphatic rings. The van der Waals surface area contributed by atoms with Gasteiger partial charge in [-0.05, 0) is 55.3 Å². The predicted molar refractivity (Wildman–Crippen MR) is 99.5 cm³/mol. The van der Waals surface area contributed by atoms with E-state index in [-0.39, 0.29) is 24.0 Å². The largest absolute Gasteiger partial charge is 0.496 e. The van der Waals surface area contributed by atoms with Crippen LogP contribution in [0.3, 0.4) is 0 Å². The smallest absolute Gasteiger partial charge is 0.261 e. The van der Waals surface area contributed by atoms with Crippen molar-refractivity contribution in [2.45, 2.75) is 20.3 Å². The molecule has 26 heavy (non-hydrogen) atoms. The summed E-state index contributed by atoms with van der Waals surface area (Å²) in [5.74, 6) is 0.865. The Labute approximate surface area is 156 Å². The van der Waals surface area contributed by atoms with Gasteiger partial charge >= 0.3 is 0 Å². The number of methoxy groups -OCH3 is 1. The first-order chi connectivity index (χ1) is 12.5. The predicted octanol–water partition coefficient (Wildman–Crippen LogP) is 4.20. The van der Waals surface area contributed by atoms with E-state index in [4.69, 9.17) is 20.9 Å². The molecule has 1 amide bonds. The number of ether oxygens (including phenoxy) is 1. The number of benzene rings is 2. The zero-order chi connectivity index (χ0) is 18.7. The summed E-state index contributed by atoms with van der Waals surface area (Å²) in [6.45, 7) is 4.01. The fourth-order valence-corrected chi connectivity index (χ4v) is 2.62. The molecule has 134 valence electrons. The summed E-state index contributed by atoms with van der Waals surface area (Å²) in [7, 11) is 1.54. The van der Waals surface area contributed by atoms with E-state index in [2.05, 4.69) is 15.5 Å². The van der Waals surface area contributed by atoms with E-state index in [0.717, 1.165) is 11.3 Å². The van der Waals surface area contributed by atoms with Crippen LogP contribution in [0, 0.1) is 13.8 Å². The van der Waals surface area contributed by atoms with Crippen LogP contribution in [0.25, 0.3) is 11.5 Å². The highest BCUT2D eigenvalue weighted by Gasteiger charge is 2.16. The molecule has 1 aromatic heterocycles. The molecule has 0 fully saturated rings. The summed E-state index contributed by atoms with van der Waals surface area (Å²) in [6.07, 6.45) is -0.000689. The minimum atomic E-state index is -0.223. The van der Waals surface area contributed by atoms with E-state index < -0.39 is 0 Å². The molecule has 1 heterocycles. The van der Waals surface area contributed by atoms with Crippen LogP contribution in [0.4, 0.5) is 5.69 Å². The number of carbonyl (C=O) groups is 1. The van der Waals surface area contributed by atoms with Crippen molar-refractivity contribution < 1.29 is 14.1 Å². The van der Waals surface area contributed by atoms with Crippen LogP contribution in [0.15, 0.2) is 40.9 Å². The molecule has 0 saturated carbocycles. The van der Waals surface area contributed by atoms with Crippen molar-refractivity contribution in [3.8, 4) is 17.2 Å². The average Bonchev–Trinajstić information content (AvgIpc) is 3.06. The highest BCUT2D eigenvalue weighted by atomic mass is 35.5. The minimum Gasteiger partial charge on any atom is -0.496 e. The van der Waals surface area contributed by atoms with Gasteiger partial charge < -0.3 is 14.6 Å². The van der Waals surface area contributed by atoms with E-state index in [1.807, 2.05) is 32.0 Å². The Morgan fingerprint density at radius 1 is 1.19 bits per heavy atom. The lowest BCUT2D eigenvalue weighted by Gasteiger charge is -2.06. The number of hydrogen-bond donors (Lipinski definition) is 1. The molecular formula is C19H18ClN3O3. The summed E-state index contributed by atoms with van der Waals surface area (Å²) < 4.78 is 10.5. The van der Waals surface area contributed by atoms with Crippen molar-refractivity contribution >= 4 is 23.2 Å². The molecule has 0 saturated heterocycles. The number of aromatic nitrogens is 2. The fraction of sp³-hybridized carbons (Fsp3) is 0.211. The first-order valence-electron chi connectivity index (χ1n) is 8.00. The van der Waals surface area contributed by atoms with Gasteiger partial charge in [-0.25, -0.2) is 0 Å². The van der Waals surface area contributed by atoms with E-state index in [1.165, 1.54) is 5.56 Å². The molecule has 3 rings (SSSR count). The topological polar surface area (TPSA) is 77.2 Å². The van der Waals surface area contributed by atoms with Gasteiger partial charge in [0.2, 0.25) is 5.91 Å². The van der Waals surface area contributed by atoms with Crippen molar-refractivity contribution in [1.82, 2.24) is 10.1 Å². The first kappa shape index (κ1) is 17.9. The Morgan fingerprint density at radius 2 is 2.00 bits per heavy atom. The number of hydrogen-bond acceptors (Lipinski definition) is 5. The molecule has 1 N–H and O–H groups in total. The molecule has 0 aliphatic heterocycles. The first-order valence-corrected chi connectivity index (χ1v) is 8.37. The van der Waals surface area contributed by atoms with Crippen molar-refractivity contribution in [3.63, 3.8) is 0 Å². The van der Waals surface area contributed by atoms with Crippen LogP contribution >= 0.6 is 11.6 Å². The Balaban J connectivity index is 1.73. The normalized spacial score (nSPS) is 10.6. The zero-order valence-corrected chi connectivity index (χ0v) is 15.4. The molecule has 0 atom stereocenters. The van der Waals surface area contributed by atoms with Crippen molar-refractivity contribution in [2.24, 2.45) is 0 Å². The van der Waals surface area contributed by atoms with Gasteiger partial charge in [0.25, 0.3) is 5.89 Å². The second kappa shape index (κ2) is 7.58. The van der Waals surface area contributed by atoms with Crippen molar-refractivity contribution in [1.29, 1.82) is 0 Å². The molecule has 0 spiro atoms. The minimum absolute atomic E-state index is 0.000689. The number of nitrogens with zero attached hydrogens (tertiary/aromatic N) is 2. The molecule has 2 aromatic carbocycles. The number of aryl methyl sites for hydroxylation is 2. The highest BCUT2D eigenvalue weighted by molar-refractivity contribution is 6.30. The van der Waals surface area contributed by atoms with Crippen LogP contribution in [0.2, 0.25) is 5.02 Å². The van der Waals surface area contributed by atoms with Crippen LogP contribution in [0.5, 0.6) is 5.75 Å². The van der Waals surface area contributed by atoms with Gasteiger partial charge in [0, 0.05) is 10.7 Å². The standard InChI is InChI=1S/C19H18ClN3O3/c1-11-4-6-14(8-12(11)2)21-18(24)10-17-22-19(26-23-17)15-9-13(20)5-7-16(15)25-3/h4-9H,10H2,1-3H3,(H,21,24). The lowest BCUT2D eigenvalue weighted by molar-refractivity contribution is -0.115. The quantitative estimate of drug-likeness (QED) is 0.727. The molecular weight excluding hydrogens is 354 g/mol. The van der Waals surface area contributed by atoms with Gasteiger partial charge in [0.05, 0.1) is 19.1 Å². The monoisotopic (exact) mass is 371 g/mol. The van der Waals surface area contributed by atoms with E-state index >= 15 is 0 Å². The van der Waals surface area contributed by atoms with Crippen LogP contribution < -0.4 is 10.1 Å². The second-order valence-corrected chi connectivity index (χ2v) is 6.32. The average molecular weight is 372 g/mol. The molecule has 0 unspecified atom stereocenters. The third-order valence-corrected chi connectivity index (χ3v) is 4.20. The van der Waals surface area contributed by atoms with Crippen LogP contribution in [-0.2, 0) is 11.2 Å². The fourth-order valence-electron chi connectivity index (χ4n) is 2.45. The molecule has 6 nitrogen and oxygen atoms in total. The Bertz CT molecular complexity index is 953. The molecule has 0 aliphatic carbocycles. The van der Waals surface area contributed by atoms with Gasteiger partial charge in [-0.1, -0.05) is 22.8 Å². The number of amides is 1. The van der Waals surface area contributed by atoms with Gasteiger partial charge in [-0.2, -0.15) is 4.98 Å². The third kappa shape index (κ3) is 4.03. The summed E-state index contributed by atoms with van der Waals surface area (Å²) >= 11 is 6.02. The van der Waals surface area contributed by atoms with Crippen LogP contribution in [0.1, 0.15) is 17.0 Å². The second-order valence-electron chi connectivity index (χ2n) is 5.88. The SMILES string of the molecule is COc1ccc(Cl)cc1-c1nc(CC(=O)Nc2ccc(C)c(C)c2)no1. The Hall–Kier alpha value is -2.86. The van der Waals surface area contributed by atoms with E-state index in [1.54, 1.807) is 25.3 Å². The van der Waals surface area contributed by atoms with Gasteiger partial charge in [0.1, 0.15) is 5.75 Å². The molecule has 3 aromatic rings. The van der Waals surface area contributed by atoms with Gasteiger partial charge in [-0.3, -0.25) is 4.79 Å². The molecule has 7 heteroatoms. The summed E-state index contributed by atoms with van der Waals surface area (Å²) in [6, 6.07) is 10.8. The maximum absolute atomic E-state index is 12.2. The zero-order valence-electron chi connectivity index (χ0n) is 14.7. The molecule has 0 bridgehead atoms.